The van der Waals surface area contributed by atoms with E-state index >= 15 is 0 Å². The fraction of sp³-hybridized carbons (Fsp3) is 0.590. The zero-order chi connectivity index (χ0) is 27.8. The van der Waals surface area contributed by atoms with Crippen molar-refractivity contribution in [1.29, 1.82) is 0 Å². The average molecular weight is 525 g/mol. The largest absolute Gasteiger partial charge is 0.0654 e. The highest BCUT2D eigenvalue weighted by molar-refractivity contribution is 6.26. The van der Waals surface area contributed by atoms with Crippen LogP contribution in [0.25, 0.3) is 32.3 Å². The number of aryl methyl sites for hydroxylation is 6. The molecular weight excluding hydrogens is 468 g/mol. The van der Waals surface area contributed by atoms with E-state index in [-0.39, 0.29) is 0 Å². The molecule has 0 saturated carbocycles. The van der Waals surface area contributed by atoms with E-state index in [1.807, 2.05) is 0 Å². The quantitative estimate of drug-likeness (QED) is 0.0951. The first-order chi connectivity index (χ1) is 19.0. The van der Waals surface area contributed by atoms with Crippen LogP contribution in [0.15, 0.2) is 24.3 Å². The summed E-state index contributed by atoms with van der Waals surface area (Å²) in [5.41, 5.74) is 9.60. The molecule has 0 amide bonds. The van der Waals surface area contributed by atoms with E-state index in [4.69, 9.17) is 0 Å². The van der Waals surface area contributed by atoms with Gasteiger partial charge >= 0.3 is 0 Å². The number of hydrogen-bond acceptors (Lipinski definition) is 0. The van der Waals surface area contributed by atoms with Crippen molar-refractivity contribution in [2.75, 3.05) is 0 Å². The van der Waals surface area contributed by atoms with Gasteiger partial charge in [-0.05, 0) is 124 Å². The van der Waals surface area contributed by atoms with Gasteiger partial charge < -0.3 is 0 Å². The van der Waals surface area contributed by atoms with Gasteiger partial charge in [-0.25, -0.2) is 0 Å². The van der Waals surface area contributed by atoms with Crippen molar-refractivity contribution in [2.45, 2.75) is 151 Å². The molecular formula is C39H56. The lowest BCUT2D eigenvalue weighted by molar-refractivity contribution is 0.653. The van der Waals surface area contributed by atoms with Gasteiger partial charge in [0.2, 0.25) is 0 Å². The first-order valence-electron chi connectivity index (χ1n) is 16.8. The summed E-state index contributed by atoms with van der Waals surface area (Å²) in [5, 5.41) is 9.52. The second-order valence-electron chi connectivity index (χ2n) is 12.6. The first kappa shape index (κ1) is 29.9. The topological polar surface area (TPSA) is 0 Å². The molecule has 212 valence electrons. The van der Waals surface area contributed by atoms with E-state index in [1.165, 1.54) is 120 Å². The predicted molar refractivity (Wildman–Crippen MR) is 177 cm³/mol. The molecule has 0 spiro atoms. The molecule has 0 aliphatic heterocycles. The third-order valence-electron chi connectivity index (χ3n) is 9.19. The lowest BCUT2D eigenvalue weighted by Crippen LogP contribution is -2.05. The molecule has 0 saturated heterocycles. The van der Waals surface area contributed by atoms with Crippen LogP contribution in [0.5, 0.6) is 0 Å². The minimum atomic E-state index is 1.20. The molecule has 4 rings (SSSR count). The van der Waals surface area contributed by atoms with E-state index < -0.39 is 0 Å². The SMILES string of the molecule is CCCCCCc1c(CCCCCC)c2cc(C)cc3c(CCCCCC)c(CCC)c4cc(C)cc1c4c32. The molecule has 0 aliphatic carbocycles. The van der Waals surface area contributed by atoms with Crippen LogP contribution in [0.1, 0.15) is 145 Å². The standard InChI is InChI=1S/C39H56/c1-7-11-14-17-21-31-30(20-10-4)34-24-28(5)26-36-32(22-18-15-12-8-2)33(23-19-16-13-9-3)37-27-29(6)25-35(31)39(37)38(34)36/h24-27H,7-23H2,1-6H3. The van der Waals surface area contributed by atoms with Gasteiger partial charge in [-0.1, -0.05) is 116 Å². The van der Waals surface area contributed by atoms with Crippen molar-refractivity contribution in [2.24, 2.45) is 0 Å². The maximum absolute atomic E-state index is 2.56. The minimum absolute atomic E-state index is 1.20. The monoisotopic (exact) mass is 524 g/mol. The van der Waals surface area contributed by atoms with Crippen LogP contribution in [0.3, 0.4) is 0 Å². The van der Waals surface area contributed by atoms with Crippen molar-refractivity contribution in [3.05, 3.63) is 57.6 Å². The summed E-state index contributed by atoms with van der Waals surface area (Å²) < 4.78 is 0. The Kier molecular flexibility index (Phi) is 11.1. The van der Waals surface area contributed by atoms with E-state index in [2.05, 4.69) is 65.8 Å². The Morgan fingerprint density at radius 3 is 0.949 bits per heavy atom. The number of benzene rings is 4. The van der Waals surface area contributed by atoms with Crippen molar-refractivity contribution in [1.82, 2.24) is 0 Å². The molecule has 0 atom stereocenters. The van der Waals surface area contributed by atoms with Crippen LogP contribution in [-0.2, 0) is 25.7 Å². The van der Waals surface area contributed by atoms with Crippen molar-refractivity contribution >= 4 is 32.3 Å². The van der Waals surface area contributed by atoms with Gasteiger partial charge in [-0.15, -0.1) is 0 Å². The lowest BCUT2D eigenvalue weighted by atomic mass is 9.78. The van der Waals surface area contributed by atoms with Gasteiger partial charge in [0.05, 0.1) is 0 Å². The summed E-state index contributed by atoms with van der Waals surface area (Å²) in [7, 11) is 0. The second-order valence-corrected chi connectivity index (χ2v) is 12.6. The van der Waals surface area contributed by atoms with Crippen LogP contribution < -0.4 is 0 Å². The molecule has 0 heterocycles. The van der Waals surface area contributed by atoms with E-state index in [0.29, 0.717) is 0 Å². The second kappa shape index (κ2) is 14.5. The van der Waals surface area contributed by atoms with Crippen molar-refractivity contribution in [3.63, 3.8) is 0 Å². The summed E-state index contributed by atoms with van der Waals surface area (Å²) >= 11 is 0. The predicted octanol–water partition coefficient (Wildman–Crippen LogP) is 12.5. The minimum Gasteiger partial charge on any atom is -0.0654 e. The molecule has 39 heavy (non-hydrogen) atoms. The smallest absolute Gasteiger partial charge is 0.00207 e. The highest BCUT2D eigenvalue weighted by Crippen LogP contribution is 2.45. The van der Waals surface area contributed by atoms with Gasteiger partial charge in [0, 0.05) is 0 Å². The molecule has 0 unspecified atom stereocenters. The van der Waals surface area contributed by atoms with Gasteiger partial charge in [0.1, 0.15) is 0 Å². The summed E-state index contributed by atoms with van der Waals surface area (Å²) in [4.78, 5) is 0. The van der Waals surface area contributed by atoms with Crippen LogP contribution >= 0.6 is 0 Å². The lowest BCUT2D eigenvalue weighted by Gasteiger charge is -2.25. The molecule has 0 bridgehead atoms. The van der Waals surface area contributed by atoms with E-state index in [0.717, 1.165) is 0 Å². The number of unbranched alkanes of at least 4 members (excludes halogenated alkanes) is 9. The van der Waals surface area contributed by atoms with Gasteiger partial charge in [0.25, 0.3) is 0 Å². The Hall–Kier alpha value is -2.08. The molecule has 0 aromatic heterocycles. The summed E-state index contributed by atoms with van der Waals surface area (Å²) in [5.74, 6) is 0. The number of hydrogen-bond donors (Lipinski definition) is 0. The van der Waals surface area contributed by atoms with Crippen LogP contribution in [0.2, 0.25) is 0 Å². The molecule has 0 heteroatoms. The molecule has 4 aromatic rings. The van der Waals surface area contributed by atoms with E-state index in [1.54, 1.807) is 54.6 Å². The summed E-state index contributed by atoms with van der Waals surface area (Å²) in [6.45, 7) is 14.1. The molecule has 4 aromatic carbocycles. The Morgan fingerprint density at radius 1 is 0.359 bits per heavy atom. The van der Waals surface area contributed by atoms with Crippen molar-refractivity contribution in [3.8, 4) is 0 Å². The maximum atomic E-state index is 2.56. The highest BCUT2D eigenvalue weighted by Gasteiger charge is 2.23. The Labute approximate surface area is 240 Å². The molecule has 0 nitrogen and oxygen atoms in total. The van der Waals surface area contributed by atoms with E-state index in [9.17, 15) is 0 Å². The average Bonchev–Trinajstić information content (AvgIpc) is 2.92. The molecule has 0 aliphatic rings. The third-order valence-corrected chi connectivity index (χ3v) is 9.19. The third kappa shape index (κ3) is 6.64. The van der Waals surface area contributed by atoms with Gasteiger partial charge in [0.15, 0.2) is 0 Å². The van der Waals surface area contributed by atoms with Gasteiger partial charge in [-0.3, -0.25) is 0 Å². The Bertz CT molecular complexity index is 1340. The normalized spacial score (nSPS) is 12.1. The summed E-state index contributed by atoms with van der Waals surface area (Å²) in [6.07, 6.45) is 22.1. The Balaban J connectivity index is 2.03. The fourth-order valence-electron chi connectivity index (χ4n) is 7.29. The first-order valence-corrected chi connectivity index (χ1v) is 16.8. The maximum Gasteiger partial charge on any atom is -0.00207 e. The van der Waals surface area contributed by atoms with Gasteiger partial charge in [-0.2, -0.15) is 0 Å². The fourth-order valence-corrected chi connectivity index (χ4v) is 7.29. The van der Waals surface area contributed by atoms with Crippen molar-refractivity contribution < 1.29 is 0 Å². The zero-order valence-electron chi connectivity index (χ0n) is 26.3. The van der Waals surface area contributed by atoms with Crippen LogP contribution in [0.4, 0.5) is 0 Å². The summed E-state index contributed by atoms with van der Waals surface area (Å²) in [6, 6.07) is 10.2. The molecule has 0 radical (unpaired) electrons. The zero-order valence-corrected chi connectivity index (χ0v) is 26.3. The van der Waals surface area contributed by atoms with Crippen LogP contribution in [0, 0.1) is 13.8 Å². The Morgan fingerprint density at radius 2 is 0.667 bits per heavy atom. The number of rotatable bonds is 17. The molecule has 0 fully saturated rings. The highest BCUT2D eigenvalue weighted by atomic mass is 14.3. The van der Waals surface area contributed by atoms with Crippen LogP contribution in [-0.4, -0.2) is 0 Å². The molecule has 0 N–H and O–H groups in total.